The molecule has 0 unspecified atom stereocenters. The van der Waals surface area contributed by atoms with E-state index in [0.29, 0.717) is 0 Å². The Balaban J connectivity index is 2.63. The van der Waals surface area contributed by atoms with Crippen molar-refractivity contribution in [3.63, 3.8) is 0 Å². The maximum absolute atomic E-state index is 13.7. The molecule has 1 saturated heterocycles. The lowest BCUT2D eigenvalue weighted by molar-refractivity contribution is -0.144. The Morgan fingerprint density at radius 1 is 1.09 bits per heavy atom. The molecule has 11 heteroatoms. The highest BCUT2D eigenvalue weighted by Gasteiger charge is 2.50. The SMILES string of the molecule is O=C1N[C@@H](c2cc(C(F)(F)F)ccc2C(F)(F)F)C(F)(F)CO1. The quantitative estimate of drug-likeness (QED) is 0.774. The Morgan fingerprint density at radius 2 is 1.70 bits per heavy atom. The summed E-state index contributed by atoms with van der Waals surface area (Å²) in [5, 5.41) is 1.44. The lowest BCUT2D eigenvalue weighted by Crippen LogP contribution is -2.50. The predicted molar refractivity (Wildman–Crippen MR) is 58.6 cm³/mol. The molecule has 1 atom stereocenters. The predicted octanol–water partition coefficient (Wildman–Crippen LogP) is 4.14. The van der Waals surface area contributed by atoms with E-state index in [9.17, 15) is 39.9 Å². The molecule has 1 aromatic carbocycles. The Labute approximate surface area is 123 Å². The standard InChI is InChI=1S/C12H7F8NO2/c13-10(14)4-23-9(22)21-8(10)6-3-5(11(15,16)17)1-2-7(6)12(18,19)20/h1-3,8H,4H2,(H,21,22)/t8-/m0/s1. The number of benzene rings is 1. The fourth-order valence-corrected chi connectivity index (χ4v) is 2.05. The molecule has 0 radical (unpaired) electrons. The van der Waals surface area contributed by atoms with Gasteiger partial charge in [0.15, 0.2) is 6.61 Å². The zero-order valence-electron chi connectivity index (χ0n) is 10.9. The molecule has 2 rings (SSSR count). The first kappa shape index (κ1) is 17.3. The monoisotopic (exact) mass is 349 g/mol. The summed E-state index contributed by atoms with van der Waals surface area (Å²) in [5.41, 5.74) is -4.62. The van der Waals surface area contributed by atoms with Gasteiger partial charge in [-0.1, -0.05) is 0 Å². The van der Waals surface area contributed by atoms with E-state index in [2.05, 4.69) is 4.74 Å². The highest BCUT2D eigenvalue weighted by atomic mass is 19.4. The molecular weight excluding hydrogens is 342 g/mol. The van der Waals surface area contributed by atoms with Crippen molar-refractivity contribution in [2.24, 2.45) is 0 Å². The van der Waals surface area contributed by atoms with Crippen LogP contribution in [0.2, 0.25) is 0 Å². The first-order valence-corrected chi connectivity index (χ1v) is 5.92. The van der Waals surface area contributed by atoms with Crippen LogP contribution in [0.4, 0.5) is 39.9 Å². The van der Waals surface area contributed by atoms with Crippen LogP contribution < -0.4 is 5.32 Å². The van der Waals surface area contributed by atoms with E-state index in [1.165, 1.54) is 5.32 Å². The van der Waals surface area contributed by atoms with E-state index < -0.39 is 53.7 Å². The van der Waals surface area contributed by atoms with Crippen LogP contribution in [0.3, 0.4) is 0 Å². The number of ether oxygens (including phenoxy) is 1. The van der Waals surface area contributed by atoms with Gasteiger partial charge in [0.2, 0.25) is 0 Å². The lowest BCUT2D eigenvalue weighted by Gasteiger charge is -2.33. The van der Waals surface area contributed by atoms with Crippen LogP contribution in [-0.2, 0) is 17.1 Å². The number of amides is 1. The third kappa shape index (κ3) is 3.48. The van der Waals surface area contributed by atoms with E-state index in [-0.39, 0.29) is 18.2 Å². The molecule has 0 spiro atoms. The second-order valence-electron chi connectivity index (χ2n) is 4.71. The summed E-state index contributed by atoms with van der Waals surface area (Å²) < 4.78 is 108. The molecule has 0 saturated carbocycles. The summed E-state index contributed by atoms with van der Waals surface area (Å²) in [4.78, 5) is 11.0. The van der Waals surface area contributed by atoms with E-state index >= 15 is 0 Å². The van der Waals surface area contributed by atoms with Gasteiger partial charge in [0.1, 0.15) is 6.04 Å². The van der Waals surface area contributed by atoms with Crippen LogP contribution in [0.15, 0.2) is 18.2 Å². The molecule has 3 nitrogen and oxygen atoms in total. The minimum Gasteiger partial charge on any atom is -0.443 e. The van der Waals surface area contributed by atoms with E-state index in [1.807, 2.05) is 0 Å². The van der Waals surface area contributed by atoms with Gasteiger partial charge in [-0.3, -0.25) is 0 Å². The van der Waals surface area contributed by atoms with Crippen molar-refractivity contribution in [3.05, 3.63) is 34.9 Å². The van der Waals surface area contributed by atoms with Crippen LogP contribution in [-0.4, -0.2) is 18.6 Å². The Bertz CT molecular complexity index is 622. The number of hydrogen-bond donors (Lipinski definition) is 1. The molecule has 1 fully saturated rings. The average Bonchev–Trinajstić information content (AvgIpc) is 2.39. The molecule has 1 N–H and O–H groups in total. The molecule has 1 amide bonds. The zero-order valence-corrected chi connectivity index (χ0v) is 10.9. The first-order valence-electron chi connectivity index (χ1n) is 5.92. The average molecular weight is 349 g/mol. The van der Waals surface area contributed by atoms with Crippen molar-refractivity contribution in [2.75, 3.05) is 6.61 Å². The molecule has 1 aliphatic heterocycles. The number of carbonyl (C=O) groups is 1. The molecule has 23 heavy (non-hydrogen) atoms. The second kappa shape index (κ2) is 5.24. The van der Waals surface area contributed by atoms with Crippen LogP contribution in [0, 0.1) is 0 Å². The van der Waals surface area contributed by atoms with Crippen molar-refractivity contribution in [3.8, 4) is 0 Å². The van der Waals surface area contributed by atoms with Gasteiger partial charge in [0.05, 0.1) is 11.1 Å². The minimum absolute atomic E-state index is 0.0486. The van der Waals surface area contributed by atoms with E-state index in [0.717, 1.165) is 0 Å². The van der Waals surface area contributed by atoms with Crippen molar-refractivity contribution in [1.29, 1.82) is 0 Å². The number of halogens is 8. The number of hydrogen-bond acceptors (Lipinski definition) is 2. The van der Waals surface area contributed by atoms with Crippen LogP contribution in [0.25, 0.3) is 0 Å². The third-order valence-corrected chi connectivity index (χ3v) is 3.08. The molecular formula is C12H7F8NO2. The molecule has 0 aliphatic carbocycles. The molecule has 1 aliphatic rings. The fourth-order valence-electron chi connectivity index (χ4n) is 2.05. The molecule has 1 heterocycles. The highest BCUT2D eigenvalue weighted by Crippen LogP contribution is 2.43. The highest BCUT2D eigenvalue weighted by molar-refractivity contribution is 5.69. The van der Waals surface area contributed by atoms with Gasteiger partial charge >= 0.3 is 24.4 Å². The normalized spacial score (nSPS) is 21.6. The number of carbonyl (C=O) groups excluding carboxylic acids is 1. The Hall–Kier alpha value is -2.07. The van der Waals surface area contributed by atoms with E-state index in [4.69, 9.17) is 0 Å². The summed E-state index contributed by atoms with van der Waals surface area (Å²) in [6.07, 6.45) is -11.7. The van der Waals surface area contributed by atoms with Crippen molar-refractivity contribution in [1.82, 2.24) is 5.32 Å². The molecule has 128 valence electrons. The Morgan fingerprint density at radius 3 is 2.22 bits per heavy atom. The zero-order chi connectivity index (χ0) is 17.6. The van der Waals surface area contributed by atoms with Crippen molar-refractivity contribution < 1.29 is 44.7 Å². The van der Waals surface area contributed by atoms with E-state index in [1.54, 1.807) is 0 Å². The van der Waals surface area contributed by atoms with Gasteiger partial charge in [-0.25, -0.2) is 13.6 Å². The summed E-state index contributed by atoms with van der Waals surface area (Å²) in [6.45, 7) is -1.54. The van der Waals surface area contributed by atoms with Gasteiger partial charge in [0.25, 0.3) is 0 Å². The minimum atomic E-state index is -5.18. The van der Waals surface area contributed by atoms with Crippen molar-refractivity contribution in [2.45, 2.75) is 24.3 Å². The number of cyclic esters (lactones) is 1. The summed E-state index contributed by atoms with van der Waals surface area (Å²) in [5.74, 6) is -4.02. The van der Waals surface area contributed by atoms with Crippen LogP contribution in [0.5, 0.6) is 0 Å². The van der Waals surface area contributed by atoms with Gasteiger partial charge in [-0.15, -0.1) is 0 Å². The number of rotatable bonds is 1. The third-order valence-electron chi connectivity index (χ3n) is 3.08. The topological polar surface area (TPSA) is 38.3 Å². The van der Waals surface area contributed by atoms with Crippen molar-refractivity contribution >= 4 is 6.09 Å². The van der Waals surface area contributed by atoms with Gasteiger partial charge in [-0.05, 0) is 23.8 Å². The summed E-state index contributed by atoms with van der Waals surface area (Å²) in [6, 6.07) is -2.46. The smallest absolute Gasteiger partial charge is 0.416 e. The summed E-state index contributed by atoms with van der Waals surface area (Å²) >= 11 is 0. The largest absolute Gasteiger partial charge is 0.443 e. The second-order valence-corrected chi connectivity index (χ2v) is 4.71. The number of alkyl halides is 8. The lowest BCUT2D eigenvalue weighted by atomic mass is 9.92. The maximum atomic E-state index is 13.7. The number of nitrogens with one attached hydrogen (secondary N) is 1. The molecule has 1 aromatic rings. The van der Waals surface area contributed by atoms with Gasteiger partial charge < -0.3 is 10.1 Å². The van der Waals surface area contributed by atoms with Gasteiger partial charge in [0, 0.05) is 0 Å². The molecule has 0 aromatic heterocycles. The first-order chi connectivity index (χ1) is 10.3. The van der Waals surface area contributed by atoms with Gasteiger partial charge in [-0.2, -0.15) is 26.3 Å². The molecule has 0 bridgehead atoms. The maximum Gasteiger partial charge on any atom is 0.416 e. The Kier molecular flexibility index (Phi) is 3.94. The number of alkyl carbamates (subject to hydrolysis) is 1. The van der Waals surface area contributed by atoms with Crippen LogP contribution in [0.1, 0.15) is 22.7 Å². The fraction of sp³-hybridized carbons (Fsp3) is 0.417. The summed E-state index contributed by atoms with van der Waals surface area (Å²) in [7, 11) is 0. The van der Waals surface area contributed by atoms with Crippen LogP contribution >= 0.6 is 0 Å².